The molecule has 0 radical (unpaired) electrons. The Labute approximate surface area is 177 Å². The molecule has 1 saturated heterocycles. The van der Waals surface area contributed by atoms with Gasteiger partial charge in [-0.1, -0.05) is 23.4 Å². The summed E-state index contributed by atoms with van der Waals surface area (Å²) in [5, 5.41) is 1.22. The number of hydrogen-bond acceptors (Lipinski definition) is 5. The Morgan fingerprint density at radius 1 is 1.07 bits per heavy atom. The fraction of sp³-hybridized carbons (Fsp3) is 0.238. The smallest absolute Gasteiger partial charge is 0.264 e. The second-order valence-corrected chi connectivity index (χ2v) is 8.28. The number of amides is 3. The highest BCUT2D eigenvalue weighted by atomic mass is 35.5. The third-order valence-corrected chi connectivity index (χ3v) is 6.13. The lowest BCUT2D eigenvalue weighted by Gasteiger charge is -2.22. The molecule has 1 fully saturated rings. The van der Waals surface area contributed by atoms with Gasteiger partial charge in [-0.05, 0) is 55.5 Å². The van der Waals surface area contributed by atoms with Gasteiger partial charge in [0.15, 0.2) is 5.17 Å². The summed E-state index contributed by atoms with van der Waals surface area (Å²) in [6, 6.07) is 13.7. The molecule has 0 bridgehead atoms. The van der Waals surface area contributed by atoms with Crippen molar-refractivity contribution in [2.75, 3.05) is 15.6 Å². The second kappa shape index (κ2) is 8.00. The molecule has 2 aromatic rings. The van der Waals surface area contributed by atoms with E-state index < -0.39 is 0 Å². The fourth-order valence-electron chi connectivity index (χ4n) is 3.23. The Morgan fingerprint density at radius 2 is 1.69 bits per heavy atom. The summed E-state index contributed by atoms with van der Waals surface area (Å²) in [5.74, 6) is 0.133. The van der Waals surface area contributed by atoms with Gasteiger partial charge in [-0.15, -0.1) is 0 Å². The van der Waals surface area contributed by atoms with Crippen LogP contribution in [0.25, 0.3) is 0 Å². The summed E-state index contributed by atoms with van der Waals surface area (Å²) in [6.45, 7) is 2.00. The van der Waals surface area contributed by atoms with E-state index in [1.807, 2.05) is 6.92 Å². The zero-order valence-electron chi connectivity index (χ0n) is 15.7. The topological polar surface area (TPSA) is 70.1 Å². The van der Waals surface area contributed by atoms with Crippen LogP contribution < -0.4 is 9.80 Å². The molecule has 0 aliphatic carbocycles. The number of carbonyl (C=O) groups excluding carboxylic acids is 3. The molecule has 3 amide bonds. The molecule has 0 aromatic heterocycles. The van der Waals surface area contributed by atoms with Crippen molar-refractivity contribution in [2.45, 2.75) is 25.8 Å². The van der Waals surface area contributed by atoms with Crippen molar-refractivity contribution in [1.82, 2.24) is 0 Å². The molecule has 2 aromatic carbocycles. The molecule has 2 heterocycles. The van der Waals surface area contributed by atoms with Gasteiger partial charge in [-0.2, -0.15) is 0 Å². The lowest BCUT2D eigenvalue weighted by atomic mass is 10.1. The Kier molecular flexibility index (Phi) is 5.43. The van der Waals surface area contributed by atoms with Gasteiger partial charge in [-0.25, -0.2) is 0 Å². The number of rotatable bonds is 3. The molecular formula is C21H18ClN3O3S. The molecule has 0 N–H and O–H groups in total. The Bertz CT molecular complexity index is 989. The van der Waals surface area contributed by atoms with Crippen LogP contribution in [0.5, 0.6) is 0 Å². The van der Waals surface area contributed by atoms with Crippen LogP contribution in [0, 0.1) is 0 Å². The summed E-state index contributed by atoms with van der Waals surface area (Å²) < 4.78 is 0. The monoisotopic (exact) mass is 427 g/mol. The van der Waals surface area contributed by atoms with Crippen molar-refractivity contribution in [2.24, 2.45) is 4.99 Å². The van der Waals surface area contributed by atoms with Gasteiger partial charge >= 0.3 is 0 Å². The highest BCUT2D eigenvalue weighted by Gasteiger charge is 2.31. The predicted molar refractivity (Wildman–Crippen MR) is 116 cm³/mol. The molecule has 148 valence electrons. The first-order chi connectivity index (χ1) is 13.9. The molecule has 0 saturated carbocycles. The van der Waals surface area contributed by atoms with Crippen molar-refractivity contribution in [1.29, 1.82) is 0 Å². The zero-order valence-corrected chi connectivity index (χ0v) is 17.2. The minimum atomic E-state index is -0.238. The molecule has 0 spiro atoms. The van der Waals surface area contributed by atoms with Crippen LogP contribution >= 0.6 is 23.4 Å². The van der Waals surface area contributed by atoms with Gasteiger partial charge in [0.05, 0.1) is 17.4 Å². The summed E-state index contributed by atoms with van der Waals surface area (Å²) in [7, 11) is 0. The van der Waals surface area contributed by atoms with Crippen LogP contribution in [0.1, 0.15) is 30.1 Å². The number of hydrogen-bond donors (Lipinski definition) is 0. The summed E-state index contributed by atoms with van der Waals surface area (Å²) in [6.07, 6.45) is 0.443. The number of halogens is 1. The predicted octanol–water partition coefficient (Wildman–Crippen LogP) is 4.13. The van der Waals surface area contributed by atoms with E-state index >= 15 is 0 Å². The third-order valence-electron chi connectivity index (χ3n) is 4.69. The van der Waals surface area contributed by atoms with Crippen LogP contribution in [0.4, 0.5) is 11.4 Å². The van der Waals surface area contributed by atoms with E-state index in [9.17, 15) is 14.4 Å². The normalized spacial score (nSPS) is 18.9. The average Bonchev–Trinajstić information content (AvgIpc) is 3.28. The number of thioether (sulfide) groups is 1. The van der Waals surface area contributed by atoms with Gasteiger partial charge in [0, 0.05) is 29.2 Å². The molecule has 2 aliphatic rings. The summed E-state index contributed by atoms with van der Waals surface area (Å²) in [5.41, 5.74) is 1.59. The minimum absolute atomic E-state index is 0.132. The Balaban J connectivity index is 1.65. The molecule has 4 rings (SSSR count). The van der Waals surface area contributed by atoms with Crippen molar-refractivity contribution in [3.8, 4) is 0 Å². The second-order valence-electron chi connectivity index (χ2n) is 6.86. The average molecular weight is 428 g/mol. The highest BCUT2D eigenvalue weighted by Crippen LogP contribution is 2.29. The van der Waals surface area contributed by atoms with Gasteiger partial charge < -0.3 is 0 Å². The van der Waals surface area contributed by atoms with E-state index in [-0.39, 0.29) is 36.6 Å². The number of aliphatic imine (C=N–C) groups is 1. The summed E-state index contributed by atoms with van der Waals surface area (Å²) in [4.78, 5) is 44.5. The van der Waals surface area contributed by atoms with E-state index in [0.717, 1.165) is 5.75 Å². The van der Waals surface area contributed by atoms with Crippen LogP contribution in [0.3, 0.4) is 0 Å². The van der Waals surface area contributed by atoms with E-state index in [4.69, 9.17) is 11.6 Å². The summed E-state index contributed by atoms with van der Waals surface area (Å²) >= 11 is 7.53. The number of anilines is 2. The number of carbonyl (C=O) groups is 3. The Morgan fingerprint density at radius 3 is 2.24 bits per heavy atom. The maximum atomic E-state index is 13.3. The fourth-order valence-corrected chi connectivity index (χ4v) is 4.39. The quantitative estimate of drug-likeness (QED) is 0.690. The zero-order chi connectivity index (χ0) is 20.5. The van der Waals surface area contributed by atoms with E-state index in [1.165, 1.54) is 16.7 Å². The largest absolute Gasteiger partial charge is 0.274 e. The SMILES string of the molecule is C[C@H]1CSC(N(C(=O)c2ccc(N3C(=O)CCC3=O)cc2)c2ccc(Cl)cc2)=N1. The van der Waals surface area contributed by atoms with Crippen LogP contribution in [0.2, 0.25) is 5.02 Å². The molecule has 0 unspecified atom stereocenters. The molecule has 8 heteroatoms. The standard InChI is InChI=1S/C21H18ClN3O3S/c1-13-12-29-21(23-13)25(17-8-4-15(22)5-9-17)20(28)14-2-6-16(7-3-14)24-18(26)10-11-19(24)27/h2-9,13H,10-12H2,1H3/t13-/m0/s1. The number of amidine groups is 1. The minimum Gasteiger partial charge on any atom is -0.274 e. The Hall–Kier alpha value is -2.64. The van der Waals surface area contributed by atoms with Crippen molar-refractivity contribution in [3.05, 3.63) is 59.1 Å². The molecule has 29 heavy (non-hydrogen) atoms. The lowest BCUT2D eigenvalue weighted by molar-refractivity contribution is -0.121. The van der Waals surface area contributed by atoms with Crippen LogP contribution in [0.15, 0.2) is 53.5 Å². The van der Waals surface area contributed by atoms with E-state index in [2.05, 4.69) is 4.99 Å². The highest BCUT2D eigenvalue weighted by molar-refractivity contribution is 8.14. The molecule has 2 aliphatic heterocycles. The number of nitrogens with zero attached hydrogens (tertiary/aromatic N) is 3. The van der Waals surface area contributed by atoms with E-state index in [0.29, 0.717) is 27.1 Å². The van der Waals surface area contributed by atoms with Gasteiger partial charge in [0.2, 0.25) is 11.8 Å². The van der Waals surface area contributed by atoms with Crippen LogP contribution in [-0.4, -0.2) is 34.7 Å². The van der Waals surface area contributed by atoms with Crippen molar-refractivity contribution in [3.63, 3.8) is 0 Å². The van der Waals surface area contributed by atoms with Crippen molar-refractivity contribution >= 4 is 57.6 Å². The third kappa shape index (κ3) is 3.93. The van der Waals surface area contributed by atoms with Gasteiger partial charge in [0.25, 0.3) is 5.91 Å². The molecule has 1 atom stereocenters. The first kappa shape index (κ1) is 19.7. The first-order valence-electron chi connectivity index (χ1n) is 9.20. The van der Waals surface area contributed by atoms with E-state index in [1.54, 1.807) is 53.4 Å². The van der Waals surface area contributed by atoms with Gasteiger partial charge in [-0.3, -0.25) is 29.2 Å². The van der Waals surface area contributed by atoms with Crippen molar-refractivity contribution < 1.29 is 14.4 Å². The number of imide groups is 1. The maximum Gasteiger partial charge on any atom is 0.264 e. The van der Waals surface area contributed by atoms with Gasteiger partial charge in [0.1, 0.15) is 0 Å². The molecule has 6 nitrogen and oxygen atoms in total. The number of benzene rings is 2. The maximum absolute atomic E-state index is 13.3. The first-order valence-corrected chi connectivity index (χ1v) is 10.6. The molecular weight excluding hydrogens is 410 g/mol. The lowest BCUT2D eigenvalue weighted by Crippen LogP contribution is -2.34. The van der Waals surface area contributed by atoms with Crippen LogP contribution in [-0.2, 0) is 9.59 Å².